The van der Waals surface area contributed by atoms with E-state index in [4.69, 9.17) is 9.47 Å². The van der Waals surface area contributed by atoms with Gasteiger partial charge in [0.2, 0.25) is 0 Å². The van der Waals surface area contributed by atoms with Crippen molar-refractivity contribution in [3.63, 3.8) is 0 Å². The molecule has 2 heterocycles. The van der Waals surface area contributed by atoms with E-state index in [2.05, 4.69) is 11.8 Å². The summed E-state index contributed by atoms with van der Waals surface area (Å²) in [6.45, 7) is 3.58. The minimum atomic E-state index is -1.13. The van der Waals surface area contributed by atoms with Gasteiger partial charge in [-0.25, -0.2) is 4.79 Å². The standard InChI is InChI=1S/C18H21NO4/c1-13-4-3-5-14(8-13)6-7-18(21)15-9-19(17(20)22-2)10-16(18)12-23-11-15/h3-5,8,15-16,21H,9-12H2,1-2H3/t15-,16+,18?. The molecule has 3 rings (SSSR count). The van der Waals surface area contributed by atoms with Gasteiger partial charge in [0.25, 0.3) is 0 Å². The van der Waals surface area contributed by atoms with Gasteiger partial charge < -0.3 is 19.5 Å². The molecule has 3 atom stereocenters. The van der Waals surface area contributed by atoms with Crippen LogP contribution >= 0.6 is 0 Å². The maximum absolute atomic E-state index is 11.8. The number of nitrogens with zero attached hydrogens (tertiary/aromatic N) is 1. The molecule has 1 amide bonds. The third kappa shape index (κ3) is 3.05. The smallest absolute Gasteiger partial charge is 0.409 e. The fraction of sp³-hybridized carbons (Fsp3) is 0.500. The number of hydrogen-bond donors (Lipinski definition) is 1. The van der Waals surface area contributed by atoms with E-state index >= 15 is 0 Å². The summed E-state index contributed by atoms with van der Waals surface area (Å²) >= 11 is 0. The molecule has 122 valence electrons. The summed E-state index contributed by atoms with van der Waals surface area (Å²) in [5.74, 6) is 5.70. The number of carbonyl (C=O) groups excluding carboxylic acids is 1. The molecule has 5 heteroatoms. The van der Waals surface area contributed by atoms with Crippen LogP contribution in [0.5, 0.6) is 0 Å². The molecule has 0 saturated carbocycles. The number of fused-ring (bicyclic) bond motifs is 2. The summed E-state index contributed by atoms with van der Waals surface area (Å²) in [6, 6.07) is 7.88. The Hall–Kier alpha value is -2.03. The van der Waals surface area contributed by atoms with Crippen molar-refractivity contribution in [2.45, 2.75) is 12.5 Å². The molecule has 5 nitrogen and oxygen atoms in total. The highest BCUT2D eigenvalue weighted by Crippen LogP contribution is 2.37. The third-order valence-corrected chi connectivity index (χ3v) is 4.62. The quantitative estimate of drug-likeness (QED) is 0.736. The maximum atomic E-state index is 11.8. The van der Waals surface area contributed by atoms with Gasteiger partial charge in [-0.3, -0.25) is 0 Å². The van der Waals surface area contributed by atoms with Gasteiger partial charge in [0, 0.05) is 30.5 Å². The van der Waals surface area contributed by atoms with Crippen molar-refractivity contribution in [1.29, 1.82) is 0 Å². The Labute approximate surface area is 136 Å². The van der Waals surface area contributed by atoms with Gasteiger partial charge in [0.1, 0.15) is 5.60 Å². The molecule has 1 aromatic rings. The van der Waals surface area contributed by atoms with Crippen molar-refractivity contribution in [1.82, 2.24) is 4.90 Å². The minimum Gasteiger partial charge on any atom is -0.453 e. The SMILES string of the molecule is COC(=O)N1C[C@H]2COC[C@@H](C1)C2(O)C#Cc1cccc(C)c1. The van der Waals surface area contributed by atoms with Crippen LogP contribution in [0.25, 0.3) is 0 Å². The molecule has 0 aliphatic carbocycles. The summed E-state index contributed by atoms with van der Waals surface area (Å²) in [6.07, 6.45) is -0.365. The van der Waals surface area contributed by atoms with E-state index in [0.717, 1.165) is 11.1 Å². The second-order valence-electron chi connectivity index (χ2n) is 6.25. The number of piperidine rings is 1. The second kappa shape index (κ2) is 6.23. The first-order valence-electron chi connectivity index (χ1n) is 7.76. The first-order valence-corrected chi connectivity index (χ1v) is 7.76. The van der Waals surface area contributed by atoms with Crippen molar-refractivity contribution >= 4 is 6.09 Å². The molecule has 1 aromatic carbocycles. The number of ether oxygens (including phenoxy) is 2. The van der Waals surface area contributed by atoms with Crippen LogP contribution in [0, 0.1) is 30.6 Å². The van der Waals surface area contributed by atoms with Gasteiger partial charge in [-0.05, 0) is 24.6 Å². The molecule has 1 unspecified atom stereocenters. The fourth-order valence-corrected chi connectivity index (χ4v) is 3.31. The van der Waals surface area contributed by atoms with Crippen LogP contribution < -0.4 is 0 Å². The van der Waals surface area contributed by atoms with Crippen LogP contribution in [0.3, 0.4) is 0 Å². The van der Waals surface area contributed by atoms with Gasteiger partial charge in [-0.2, -0.15) is 0 Å². The van der Waals surface area contributed by atoms with Crippen LogP contribution in [0.15, 0.2) is 24.3 Å². The molecule has 0 aromatic heterocycles. The average Bonchev–Trinajstić information content (AvgIpc) is 2.52. The van der Waals surface area contributed by atoms with Gasteiger partial charge in [-0.15, -0.1) is 0 Å². The third-order valence-electron chi connectivity index (χ3n) is 4.62. The molecule has 0 radical (unpaired) electrons. The number of rotatable bonds is 0. The van der Waals surface area contributed by atoms with Crippen molar-refractivity contribution in [3.05, 3.63) is 35.4 Å². The molecule has 2 aliphatic rings. The van der Waals surface area contributed by atoms with E-state index in [1.165, 1.54) is 7.11 Å². The van der Waals surface area contributed by atoms with E-state index in [0.29, 0.717) is 26.3 Å². The predicted octanol–water partition coefficient (Wildman–Crippen LogP) is 1.42. The van der Waals surface area contributed by atoms with Gasteiger partial charge in [-0.1, -0.05) is 24.0 Å². The summed E-state index contributed by atoms with van der Waals surface area (Å²) in [5, 5.41) is 11.1. The summed E-state index contributed by atoms with van der Waals surface area (Å²) in [5.41, 5.74) is 0.882. The Balaban J connectivity index is 1.85. The van der Waals surface area contributed by atoms with Crippen molar-refractivity contribution in [2.24, 2.45) is 11.8 Å². The highest BCUT2D eigenvalue weighted by atomic mass is 16.5. The number of methoxy groups -OCH3 is 1. The molecule has 2 aliphatic heterocycles. The lowest BCUT2D eigenvalue weighted by molar-refractivity contribution is -0.155. The van der Waals surface area contributed by atoms with E-state index in [-0.39, 0.29) is 17.9 Å². The molecule has 1 N–H and O–H groups in total. The van der Waals surface area contributed by atoms with Crippen LogP contribution in [0.2, 0.25) is 0 Å². The van der Waals surface area contributed by atoms with E-state index in [9.17, 15) is 9.90 Å². The Kier molecular flexibility index (Phi) is 4.29. The number of benzene rings is 1. The normalized spacial score (nSPS) is 29.4. The lowest BCUT2D eigenvalue weighted by Crippen LogP contribution is -2.63. The first kappa shape index (κ1) is 15.9. The van der Waals surface area contributed by atoms with Crippen molar-refractivity contribution in [3.8, 4) is 11.8 Å². The van der Waals surface area contributed by atoms with Gasteiger partial charge in [0.15, 0.2) is 0 Å². The minimum absolute atomic E-state index is 0.230. The zero-order valence-electron chi connectivity index (χ0n) is 13.4. The number of likely N-dealkylation sites (tertiary alicyclic amines) is 1. The van der Waals surface area contributed by atoms with Crippen LogP contribution in [0.1, 0.15) is 11.1 Å². The van der Waals surface area contributed by atoms with E-state index < -0.39 is 5.60 Å². The maximum Gasteiger partial charge on any atom is 0.409 e. The molecule has 2 bridgehead atoms. The van der Waals surface area contributed by atoms with Crippen molar-refractivity contribution in [2.75, 3.05) is 33.4 Å². The largest absolute Gasteiger partial charge is 0.453 e. The number of aryl methyl sites for hydroxylation is 1. The predicted molar refractivity (Wildman–Crippen MR) is 84.8 cm³/mol. The number of carbonyl (C=O) groups is 1. The average molecular weight is 315 g/mol. The number of aliphatic hydroxyl groups is 1. The van der Waals surface area contributed by atoms with Crippen LogP contribution in [-0.4, -0.2) is 55.1 Å². The summed E-state index contributed by atoms with van der Waals surface area (Å²) in [4.78, 5) is 13.4. The van der Waals surface area contributed by atoms with Crippen LogP contribution in [0.4, 0.5) is 4.79 Å². The van der Waals surface area contributed by atoms with E-state index in [1.54, 1.807) is 4.90 Å². The molecule has 0 spiro atoms. The summed E-state index contributed by atoms with van der Waals surface area (Å²) < 4.78 is 10.4. The number of hydrogen-bond acceptors (Lipinski definition) is 4. The highest BCUT2D eigenvalue weighted by Gasteiger charge is 2.51. The highest BCUT2D eigenvalue weighted by molar-refractivity contribution is 5.67. The molecular weight excluding hydrogens is 294 g/mol. The van der Waals surface area contributed by atoms with E-state index in [1.807, 2.05) is 31.2 Å². The lowest BCUT2D eigenvalue weighted by atomic mass is 9.72. The Morgan fingerprint density at radius 3 is 2.70 bits per heavy atom. The molecule has 2 fully saturated rings. The molecule has 23 heavy (non-hydrogen) atoms. The first-order chi connectivity index (χ1) is 11.0. The van der Waals surface area contributed by atoms with Gasteiger partial charge in [0.05, 0.1) is 20.3 Å². The second-order valence-corrected chi connectivity index (χ2v) is 6.25. The Morgan fingerprint density at radius 2 is 2.09 bits per heavy atom. The van der Waals surface area contributed by atoms with Gasteiger partial charge >= 0.3 is 6.09 Å². The lowest BCUT2D eigenvalue weighted by Gasteiger charge is -2.49. The molecular formula is C18H21NO4. The zero-order chi connectivity index (χ0) is 16.4. The zero-order valence-corrected chi connectivity index (χ0v) is 13.4. The molecule has 2 saturated heterocycles. The Morgan fingerprint density at radius 1 is 1.39 bits per heavy atom. The monoisotopic (exact) mass is 315 g/mol. The Bertz CT molecular complexity index is 646. The fourth-order valence-electron chi connectivity index (χ4n) is 3.31. The van der Waals surface area contributed by atoms with Crippen molar-refractivity contribution < 1.29 is 19.4 Å². The topological polar surface area (TPSA) is 59.0 Å². The van der Waals surface area contributed by atoms with Crippen LogP contribution in [-0.2, 0) is 9.47 Å². The number of amides is 1. The summed E-state index contributed by atoms with van der Waals surface area (Å²) in [7, 11) is 1.37.